The number of aromatic nitrogens is 1. The maximum absolute atomic E-state index is 14.5. The molecular weight excluding hydrogens is 527 g/mol. The highest BCUT2D eigenvalue weighted by atomic mass is 35.5. The largest absolute Gasteiger partial charge is 0.489 e. The zero-order valence-electron chi connectivity index (χ0n) is 20.5. The van der Waals surface area contributed by atoms with E-state index in [4.69, 9.17) is 21.1 Å². The molecule has 0 amide bonds. The Morgan fingerprint density at radius 1 is 1.11 bits per heavy atom. The van der Waals surface area contributed by atoms with Crippen molar-refractivity contribution in [2.45, 2.75) is 19.6 Å². The van der Waals surface area contributed by atoms with Gasteiger partial charge in [-0.25, -0.2) is 14.2 Å². The van der Waals surface area contributed by atoms with Gasteiger partial charge in [-0.1, -0.05) is 71.5 Å². The van der Waals surface area contributed by atoms with Crippen LogP contribution < -0.4 is 19.6 Å². The van der Waals surface area contributed by atoms with Gasteiger partial charge in [-0.05, 0) is 48.4 Å². The van der Waals surface area contributed by atoms with Gasteiger partial charge in [-0.15, -0.1) is 0 Å². The van der Waals surface area contributed by atoms with Gasteiger partial charge in [-0.3, -0.25) is 9.36 Å². The van der Waals surface area contributed by atoms with E-state index in [1.165, 1.54) is 29.9 Å². The highest BCUT2D eigenvalue weighted by Gasteiger charge is 2.33. The molecule has 0 aliphatic carbocycles. The zero-order valence-corrected chi connectivity index (χ0v) is 22.1. The SMILES string of the molecule is COC(=O)C1=C(C)N=c2s/c(=C\c3c(F)cccc3Cl)c(=O)n2C1c1ccc(OCc2ccccc2)cc1. The Hall–Kier alpha value is -4.01. The Bertz CT molecular complexity index is 1710. The molecule has 1 aromatic heterocycles. The number of esters is 1. The van der Waals surface area contributed by atoms with Crippen LogP contribution in [0.4, 0.5) is 4.39 Å². The summed E-state index contributed by atoms with van der Waals surface area (Å²) in [7, 11) is 1.28. The minimum atomic E-state index is -0.792. The van der Waals surface area contributed by atoms with Gasteiger partial charge < -0.3 is 9.47 Å². The summed E-state index contributed by atoms with van der Waals surface area (Å²) in [5.41, 5.74) is 2.07. The van der Waals surface area contributed by atoms with E-state index >= 15 is 0 Å². The Morgan fingerprint density at radius 3 is 2.53 bits per heavy atom. The molecule has 0 spiro atoms. The normalized spacial score (nSPS) is 15.2. The summed E-state index contributed by atoms with van der Waals surface area (Å²) in [5.74, 6) is -0.496. The van der Waals surface area contributed by atoms with Crippen LogP contribution >= 0.6 is 22.9 Å². The lowest BCUT2D eigenvalue weighted by molar-refractivity contribution is -0.136. The Morgan fingerprint density at radius 2 is 1.84 bits per heavy atom. The highest BCUT2D eigenvalue weighted by Crippen LogP contribution is 2.31. The van der Waals surface area contributed by atoms with E-state index in [1.54, 1.807) is 37.3 Å². The van der Waals surface area contributed by atoms with Crippen molar-refractivity contribution in [1.29, 1.82) is 0 Å². The monoisotopic (exact) mass is 548 g/mol. The molecule has 9 heteroatoms. The number of hydrogen-bond donors (Lipinski definition) is 0. The summed E-state index contributed by atoms with van der Waals surface area (Å²) in [5, 5.41) is 0.185. The molecule has 2 heterocycles. The number of halogens is 2. The van der Waals surface area contributed by atoms with Crippen LogP contribution in [0.15, 0.2) is 93.9 Å². The molecule has 3 aromatic carbocycles. The molecule has 0 radical (unpaired) electrons. The van der Waals surface area contributed by atoms with E-state index in [9.17, 15) is 14.0 Å². The molecule has 38 heavy (non-hydrogen) atoms. The fourth-order valence-corrected chi connectivity index (χ4v) is 5.52. The first-order valence-corrected chi connectivity index (χ1v) is 12.9. The summed E-state index contributed by atoms with van der Waals surface area (Å²) < 4.78 is 27.1. The van der Waals surface area contributed by atoms with Crippen molar-refractivity contribution in [3.63, 3.8) is 0 Å². The van der Waals surface area contributed by atoms with Crippen LogP contribution in [0.3, 0.4) is 0 Å². The number of fused-ring (bicyclic) bond motifs is 1. The first-order valence-electron chi connectivity index (χ1n) is 11.7. The number of nitrogens with zero attached hydrogens (tertiary/aromatic N) is 2. The van der Waals surface area contributed by atoms with Gasteiger partial charge in [0.15, 0.2) is 4.80 Å². The first kappa shape index (κ1) is 25.6. The maximum atomic E-state index is 14.5. The van der Waals surface area contributed by atoms with Gasteiger partial charge in [0, 0.05) is 5.56 Å². The molecule has 192 valence electrons. The average molecular weight is 549 g/mol. The molecule has 0 saturated heterocycles. The van der Waals surface area contributed by atoms with Crippen molar-refractivity contribution in [3.8, 4) is 5.75 Å². The van der Waals surface area contributed by atoms with E-state index in [0.29, 0.717) is 28.4 Å². The lowest BCUT2D eigenvalue weighted by Gasteiger charge is -2.24. The van der Waals surface area contributed by atoms with Crippen molar-refractivity contribution in [3.05, 3.63) is 131 Å². The second kappa shape index (κ2) is 10.8. The van der Waals surface area contributed by atoms with E-state index in [1.807, 2.05) is 30.3 Å². The third-order valence-corrected chi connectivity index (χ3v) is 7.46. The second-order valence-electron chi connectivity index (χ2n) is 8.55. The van der Waals surface area contributed by atoms with Crippen LogP contribution in [0.1, 0.15) is 29.7 Å². The molecule has 6 nitrogen and oxygen atoms in total. The number of hydrogen-bond acceptors (Lipinski definition) is 6. The number of carbonyl (C=O) groups excluding carboxylic acids is 1. The molecule has 0 bridgehead atoms. The van der Waals surface area contributed by atoms with Crippen molar-refractivity contribution in [1.82, 2.24) is 4.57 Å². The quantitative estimate of drug-likeness (QED) is 0.325. The minimum absolute atomic E-state index is 0.111. The fraction of sp³-hybridized carbons (Fsp3) is 0.138. The summed E-state index contributed by atoms with van der Waals surface area (Å²) in [6, 6.07) is 20.5. The van der Waals surface area contributed by atoms with E-state index in [0.717, 1.165) is 16.9 Å². The Labute approximate surface area is 226 Å². The van der Waals surface area contributed by atoms with Gasteiger partial charge in [0.2, 0.25) is 0 Å². The lowest BCUT2D eigenvalue weighted by Crippen LogP contribution is -2.39. The number of methoxy groups -OCH3 is 1. The second-order valence-corrected chi connectivity index (χ2v) is 9.97. The van der Waals surface area contributed by atoms with Crippen LogP contribution in [0.5, 0.6) is 5.75 Å². The molecule has 0 N–H and O–H groups in total. The predicted octanol–water partition coefficient (Wildman–Crippen LogP) is 4.78. The van der Waals surface area contributed by atoms with Crippen LogP contribution in [0, 0.1) is 5.82 Å². The molecule has 5 rings (SSSR count). The van der Waals surface area contributed by atoms with Gasteiger partial charge in [0.05, 0.1) is 34.0 Å². The molecule has 0 saturated carbocycles. The number of thiazole rings is 1. The Kier molecular flexibility index (Phi) is 7.26. The molecule has 0 fully saturated rings. The zero-order chi connectivity index (χ0) is 26.8. The van der Waals surface area contributed by atoms with Crippen LogP contribution in [0.25, 0.3) is 6.08 Å². The third kappa shape index (κ3) is 4.92. The van der Waals surface area contributed by atoms with E-state index < -0.39 is 23.4 Å². The number of ether oxygens (including phenoxy) is 2. The lowest BCUT2D eigenvalue weighted by atomic mass is 9.96. The van der Waals surface area contributed by atoms with Crippen molar-refractivity contribution >= 4 is 35.0 Å². The maximum Gasteiger partial charge on any atom is 0.338 e. The third-order valence-electron chi connectivity index (χ3n) is 6.15. The summed E-state index contributed by atoms with van der Waals surface area (Å²) in [6.45, 7) is 2.10. The van der Waals surface area contributed by atoms with E-state index in [-0.39, 0.29) is 20.7 Å². The van der Waals surface area contributed by atoms with Crippen molar-refractivity contribution in [2.75, 3.05) is 7.11 Å². The first-order chi connectivity index (χ1) is 18.4. The molecule has 4 aromatic rings. The molecule has 1 atom stereocenters. The van der Waals surface area contributed by atoms with Gasteiger partial charge >= 0.3 is 5.97 Å². The van der Waals surface area contributed by atoms with Gasteiger partial charge in [0.1, 0.15) is 18.2 Å². The number of rotatable bonds is 6. The summed E-state index contributed by atoms with van der Waals surface area (Å²) in [4.78, 5) is 31.4. The van der Waals surface area contributed by atoms with E-state index in [2.05, 4.69) is 4.99 Å². The summed E-state index contributed by atoms with van der Waals surface area (Å²) in [6.07, 6.45) is 1.41. The average Bonchev–Trinajstić information content (AvgIpc) is 3.23. The molecule has 1 aliphatic rings. The van der Waals surface area contributed by atoms with Crippen LogP contribution in [0.2, 0.25) is 5.02 Å². The van der Waals surface area contributed by atoms with Crippen LogP contribution in [-0.2, 0) is 16.1 Å². The molecular formula is C29H22ClFN2O4S. The summed E-state index contributed by atoms with van der Waals surface area (Å²) >= 11 is 7.29. The van der Waals surface area contributed by atoms with Crippen molar-refractivity contribution in [2.24, 2.45) is 4.99 Å². The Balaban J connectivity index is 1.58. The number of carbonyl (C=O) groups is 1. The van der Waals surface area contributed by atoms with Crippen molar-refractivity contribution < 1.29 is 18.7 Å². The van der Waals surface area contributed by atoms with Gasteiger partial charge in [-0.2, -0.15) is 0 Å². The van der Waals surface area contributed by atoms with Crippen LogP contribution in [-0.4, -0.2) is 17.6 Å². The molecule has 1 unspecified atom stereocenters. The standard InChI is InChI=1S/C29H22ClFN2O4S/c1-17-25(28(35)36-2)26(19-11-13-20(14-12-19)37-16-18-7-4-3-5-8-18)33-27(34)24(38-29(33)32-17)15-21-22(30)9-6-10-23(21)31/h3-15,26H,16H2,1-2H3/b24-15-. The molecule has 1 aliphatic heterocycles. The van der Waals surface area contributed by atoms with Gasteiger partial charge in [0.25, 0.3) is 5.56 Å². The fourth-order valence-electron chi connectivity index (χ4n) is 4.27. The predicted molar refractivity (Wildman–Crippen MR) is 144 cm³/mol. The smallest absolute Gasteiger partial charge is 0.338 e. The number of benzene rings is 3. The highest BCUT2D eigenvalue weighted by molar-refractivity contribution is 7.07. The topological polar surface area (TPSA) is 69.9 Å². The number of allylic oxidation sites excluding steroid dienone is 1. The minimum Gasteiger partial charge on any atom is -0.489 e.